The van der Waals surface area contributed by atoms with Crippen molar-refractivity contribution in [2.75, 3.05) is 19.8 Å². The van der Waals surface area contributed by atoms with Crippen molar-refractivity contribution in [1.82, 2.24) is 5.32 Å². The zero-order valence-corrected chi connectivity index (χ0v) is 14.3. The fourth-order valence-electron chi connectivity index (χ4n) is 2.42. The number of amides is 1. The lowest BCUT2D eigenvalue weighted by atomic mass is 9.99. The van der Waals surface area contributed by atoms with Crippen LogP contribution in [0.2, 0.25) is 0 Å². The van der Waals surface area contributed by atoms with Gasteiger partial charge < -0.3 is 15.2 Å². The minimum absolute atomic E-state index is 0.00405. The van der Waals surface area contributed by atoms with Gasteiger partial charge in [0.15, 0.2) is 6.61 Å². The highest BCUT2D eigenvalue weighted by Gasteiger charge is 2.11. The molecule has 2 N–H and O–H groups in total. The predicted octanol–water partition coefficient (Wildman–Crippen LogP) is 2.65. The number of rotatable bonds is 8. The fourth-order valence-corrected chi connectivity index (χ4v) is 2.42. The van der Waals surface area contributed by atoms with Crippen molar-refractivity contribution in [3.05, 3.63) is 65.2 Å². The molecular formula is C20H25NO3. The molecule has 0 saturated carbocycles. The molecule has 0 spiro atoms. The molecule has 2 aromatic carbocycles. The number of aliphatic hydroxyl groups is 1. The number of ether oxygens (including phenoxy) is 1. The first kappa shape index (κ1) is 18.0. The van der Waals surface area contributed by atoms with Gasteiger partial charge in [-0.2, -0.15) is 0 Å². The van der Waals surface area contributed by atoms with E-state index >= 15 is 0 Å². The first-order chi connectivity index (χ1) is 11.6. The van der Waals surface area contributed by atoms with Gasteiger partial charge in [0.1, 0.15) is 5.75 Å². The van der Waals surface area contributed by atoms with Gasteiger partial charge in [-0.25, -0.2) is 0 Å². The van der Waals surface area contributed by atoms with Crippen molar-refractivity contribution in [2.24, 2.45) is 5.92 Å². The van der Waals surface area contributed by atoms with Crippen molar-refractivity contribution in [2.45, 2.75) is 20.3 Å². The maximum absolute atomic E-state index is 11.9. The van der Waals surface area contributed by atoms with Gasteiger partial charge in [-0.05, 0) is 43.5 Å². The van der Waals surface area contributed by atoms with E-state index in [0.717, 1.165) is 17.5 Å². The zero-order chi connectivity index (χ0) is 17.4. The number of carbonyl (C=O) groups is 1. The van der Waals surface area contributed by atoms with Crippen LogP contribution in [0.1, 0.15) is 16.7 Å². The Hall–Kier alpha value is -2.33. The number of aryl methyl sites for hydroxylation is 2. The molecule has 1 amide bonds. The number of benzene rings is 2. The van der Waals surface area contributed by atoms with Crippen LogP contribution in [0.15, 0.2) is 48.5 Å². The third-order valence-corrected chi connectivity index (χ3v) is 3.85. The van der Waals surface area contributed by atoms with E-state index in [1.807, 2.05) is 38.1 Å². The quantitative estimate of drug-likeness (QED) is 0.784. The predicted molar refractivity (Wildman–Crippen MR) is 95.1 cm³/mol. The van der Waals surface area contributed by atoms with Crippen molar-refractivity contribution in [3.8, 4) is 5.75 Å². The van der Waals surface area contributed by atoms with Crippen molar-refractivity contribution >= 4 is 5.91 Å². The van der Waals surface area contributed by atoms with Gasteiger partial charge in [0.25, 0.3) is 5.91 Å². The minimum atomic E-state index is -0.182. The molecule has 0 aromatic heterocycles. The molecule has 0 saturated heterocycles. The molecule has 0 fully saturated rings. The summed E-state index contributed by atoms with van der Waals surface area (Å²) < 4.78 is 5.47. The highest BCUT2D eigenvalue weighted by Crippen LogP contribution is 2.12. The van der Waals surface area contributed by atoms with Gasteiger partial charge >= 0.3 is 0 Å². The first-order valence-corrected chi connectivity index (χ1v) is 8.19. The smallest absolute Gasteiger partial charge is 0.257 e. The second-order valence-corrected chi connectivity index (χ2v) is 6.15. The highest BCUT2D eigenvalue weighted by molar-refractivity contribution is 5.77. The monoisotopic (exact) mass is 327 g/mol. The summed E-state index contributed by atoms with van der Waals surface area (Å²) in [6.45, 7) is 4.46. The van der Waals surface area contributed by atoms with E-state index in [1.54, 1.807) is 0 Å². The van der Waals surface area contributed by atoms with Gasteiger partial charge in [0.2, 0.25) is 0 Å². The van der Waals surface area contributed by atoms with E-state index in [0.29, 0.717) is 12.3 Å². The molecule has 2 aromatic rings. The van der Waals surface area contributed by atoms with Crippen molar-refractivity contribution in [3.63, 3.8) is 0 Å². The molecule has 0 aliphatic carbocycles. The molecule has 1 unspecified atom stereocenters. The van der Waals surface area contributed by atoms with Crippen LogP contribution >= 0.6 is 0 Å². The van der Waals surface area contributed by atoms with Gasteiger partial charge in [-0.15, -0.1) is 0 Å². The Morgan fingerprint density at radius 2 is 1.88 bits per heavy atom. The number of nitrogens with one attached hydrogen (secondary N) is 1. The third-order valence-electron chi connectivity index (χ3n) is 3.85. The van der Waals surface area contributed by atoms with Crippen LogP contribution in [0.5, 0.6) is 5.75 Å². The molecule has 0 heterocycles. The molecule has 24 heavy (non-hydrogen) atoms. The molecule has 4 nitrogen and oxygen atoms in total. The average Bonchev–Trinajstić information content (AvgIpc) is 2.58. The summed E-state index contributed by atoms with van der Waals surface area (Å²) in [5, 5.41) is 12.3. The van der Waals surface area contributed by atoms with Crippen molar-refractivity contribution < 1.29 is 14.6 Å². The number of carbonyl (C=O) groups excluding carboxylic acids is 1. The van der Waals surface area contributed by atoms with E-state index in [9.17, 15) is 9.90 Å². The van der Waals surface area contributed by atoms with E-state index in [2.05, 4.69) is 29.6 Å². The van der Waals surface area contributed by atoms with Crippen LogP contribution < -0.4 is 10.1 Å². The maximum Gasteiger partial charge on any atom is 0.257 e. The van der Waals surface area contributed by atoms with E-state index in [-0.39, 0.29) is 25.0 Å². The molecule has 1 atom stereocenters. The van der Waals surface area contributed by atoms with Gasteiger partial charge in [0, 0.05) is 19.1 Å². The minimum Gasteiger partial charge on any atom is -0.484 e. The van der Waals surface area contributed by atoms with Gasteiger partial charge in [0.05, 0.1) is 0 Å². The summed E-state index contributed by atoms with van der Waals surface area (Å²) in [5.41, 5.74) is 3.46. The Balaban J connectivity index is 1.75. The summed E-state index contributed by atoms with van der Waals surface area (Å²) in [7, 11) is 0. The Morgan fingerprint density at radius 3 is 2.54 bits per heavy atom. The van der Waals surface area contributed by atoms with Crippen molar-refractivity contribution in [1.29, 1.82) is 0 Å². The van der Waals surface area contributed by atoms with Gasteiger partial charge in [-0.1, -0.05) is 42.0 Å². The molecule has 0 aliphatic heterocycles. The Bertz CT molecular complexity index is 652. The number of hydrogen-bond donors (Lipinski definition) is 2. The number of aliphatic hydroxyl groups excluding tert-OH is 1. The molecule has 2 rings (SSSR count). The summed E-state index contributed by atoms with van der Waals surface area (Å²) in [6.07, 6.45) is 0.732. The third kappa shape index (κ3) is 6.05. The molecule has 0 bridgehead atoms. The summed E-state index contributed by atoms with van der Waals surface area (Å²) in [6, 6.07) is 15.8. The second-order valence-electron chi connectivity index (χ2n) is 6.15. The summed E-state index contributed by atoms with van der Waals surface area (Å²) in [5.74, 6) is 0.498. The molecule has 0 aliphatic rings. The first-order valence-electron chi connectivity index (χ1n) is 8.19. The summed E-state index contributed by atoms with van der Waals surface area (Å²) in [4.78, 5) is 11.9. The standard InChI is InChI=1S/C20H25NO3/c1-15-6-8-17(9-7-15)11-18(13-22)12-21-20(23)14-24-19-5-3-4-16(2)10-19/h3-10,18,22H,11-14H2,1-2H3,(H,21,23). The van der Waals surface area contributed by atoms with Gasteiger partial charge in [-0.3, -0.25) is 4.79 Å². The lowest BCUT2D eigenvalue weighted by molar-refractivity contribution is -0.123. The lowest BCUT2D eigenvalue weighted by Crippen LogP contribution is -2.35. The molecule has 128 valence electrons. The Morgan fingerprint density at radius 1 is 1.12 bits per heavy atom. The lowest BCUT2D eigenvalue weighted by Gasteiger charge is -2.15. The normalized spacial score (nSPS) is 11.8. The van der Waals surface area contributed by atoms with Crippen LogP contribution in [0.25, 0.3) is 0 Å². The van der Waals surface area contributed by atoms with Crippen LogP contribution in [-0.4, -0.2) is 30.8 Å². The highest BCUT2D eigenvalue weighted by atomic mass is 16.5. The maximum atomic E-state index is 11.9. The van der Waals surface area contributed by atoms with Crippen LogP contribution in [-0.2, 0) is 11.2 Å². The van der Waals surface area contributed by atoms with E-state index < -0.39 is 0 Å². The molecular weight excluding hydrogens is 302 g/mol. The number of hydrogen-bond acceptors (Lipinski definition) is 3. The molecule has 4 heteroatoms. The van der Waals surface area contributed by atoms with Crippen LogP contribution in [0, 0.1) is 19.8 Å². The van der Waals surface area contributed by atoms with Crippen LogP contribution in [0.4, 0.5) is 0 Å². The largest absolute Gasteiger partial charge is 0.484 e. The van der Waals surface area contributed by atoms with E-state index in [1.165, 1.54) is 5.56 Å². The van der Waals surface area contributed by atoms with E-state index in [4.69, 9.17) is 4.74 Å². The summed E-state index contributed by atoms with van der Waals surface area (Å²) >= 11 is 0. The molecule has 0 radical (unpaired) electrons. The van der Waals surface area contributed by atoms with Crippen LogP contribution in [0.3, 0.4) is 0 Å². The fraction of sp³-hybridized carbons (Fsp3) is 0.350. The zero-order valence-electron chi connectivity index (χ0n) is 14.3. The average molecular weight is 327 g/mol. The Kier molecular flexibility index (Phi) is 6.82. The second kappa shape index (κ2) is 9.08. The SMILES string of the molecule is Cc1ccc(CC(CO)CNC(=O)COc2cccc(C)c2)cc1. The topological polar surface area (TPSA) is 58.6 Å². The Labute approximate surface area is 143 Å².